The smallest absolute Gasteiger partial charge is 0.127 e. The minimum atomic E-state index is -0.258. The van der Waals surface area contributed by atoms with Crippen LogP contribution in [0.3, 0.4) is 0 Å². The van der Waals surface area contributed by atoms with Crippen LogP contribution in [0.1, 0.15) is 0 Å². The van der Waals surface area contributed by atoms with Crippen molar-refractivity contribution in [2.24, 2.45) is 0 Å². The summed E-state index contributed by atoms with van der Waals surface area (Å²) in [6.07, 6.45) is 0. The van der Waals surface area contributed by atoms with E-state index in [1.165, 1.54) is 12.1 Å². The zero-order chi connectivity index (χ0) is 14.1. The second-order valence-corrected chi connectivity index (χ2v) is 4.63. The van der Waals surface area contributed by atoms with E-state index < -0.39 is 0 Å². The fourth-order valence-electron chi connectivity index (χ4n) is 2.37. The molecular formula is C17H14FNO. The van der Waals surface area contributed by atoms with E-state index in [2.05, 4.69) is 0 Å². The molecule has 3 heteroatoms. The van der Waals surface area contributed by atoms with Crippen LogP contribution in [-0.2, 0) is 0 Å². The third-order valence-electron chi connectivity index (χ3n) is 3.37. The molecule has 2 N–H and O–H groups in total. The highest BCUT2D eigenvalue weighted by Gasteiger charge is 2.10. The highest BCUT2D eigenvalue weighted by molar-refractivity contribution is 5.93. The van der Waals surface area contributed by atoms with E-state index in [4.69, 9.17) is 10.5 Å². The van der Waals surface area contributed by atoms with Gasteiger partial charge in [0.25, 0.3) is 0 Å². The van der Waals surface area contributed by atoms with Crippen LogP contribution in [-0.4, -0.2) is 7.11 Å². The molecule has 0 atom stereocenters. The van der Waals surface area contributed by atoms with Crippen molar-refractivity contribution in [2.45, 2.75) is 0 Å². The van der Waals surface area contributed by atoms with Gasteiger partial charge < -0.3 is 10.5 Å². The van der Waals surface area contributed by atoms with Gasteiger partial charge in [0.15, 0.2) is 0 Å². The van der Waals surface area contributed by atoms with Gasteiger partial charge in [0.2, 0.25) is 0 Å². The molecule has 0 fully saturated rings. The van der Waals surface area contributed by atoms with Crippen LogP contribution < -0.4 is 10.5 Å². The molecule has 0 amide bonds. The number of hydrogen-bond donors (Lipinski definition) is 1. The predicted molar refractivity (Wildman–Crippen MR) is 80.3 cm³/mol. The number of fused-ring (bicyclic) bond motifs is 1. The van der Waals surface area contributed by atoms with E-state index in [1.807, 2.05) is 36.4 Å². The molecule has 2 nitrogen and oxygen atoms in total. The summed E-state index contributed by atoms with van der Waals surface area (Å²) >= 11 is 0. The maximum absolute atomic E-state index is 13.3. The molecule has 0 radical (unpaired) electrons. The standard InChI is InChI=1S/C17H14FNO/c1-20-17-10-12-8-13(18)7-6-11(12)9-15(17)14-4-2-3-5-16(14)19/h2-10H,19H2,1H3. The summed E-state index contributed by atoms with van der Waals surface area (Å²) < 4.78 is 18.7. The van der Waals surface area contributed by atoms with Crippen LogP contribution in [0, 0.1) is 5.82 Å². The molecule has 0 saturated carbocycles. The normalized spacial score (nSPS) is 10.7. The third kappa shape index (κ3) is 2.07. The van der Waals surface area contributed by atoms with E-state index in [0.29, 0.717) is 11.4 Å². The molecule has 100 valence electrons. The molecule has 0 aromatic heterocycles. The lowest BCUT2D eigenvalue weighted by Gasteiger charge is -2.12. The average molecular weight is 267 g/mol. The van der Waals surface area contributed by atoms with Gasteiger partial charge in [-0.25, -0.2) is 4.39 Å². The first kappa shape index (κ1) is 12.5. The first-order valence-corrected chi connectivity index (χ1v) is 6.31. The topological polar surface area (TPSA) is 35.2 Å². The molecule has 0 bridgehead atoms. The number of ether oxygens (including phenoxy) is 1. The van der Waals surface area contributed by atoms with Gasteiger partial charge in [-0.2, -0.15) is 0 Å². The summed E-state index contributed by atoms with van der Waals surface area (Å²) in [5.41, 5.74) is 8.54. The van der Waals surface area contributed by atoms with Gasteiger partial charge in [-0.3, -0.25) is 0 Å². The highest BCUT2D eigenvalue weighted by atomic mass is 19.1. The minimum absolute atomic E-state index is 0.258. The van der Waals surface area contributed by atoms with Gasteiger partial charge in [0, 0.05) is 16.8 Å². The molecule has 0 spiro atoms. The molecule has 3 aromatic carbocycles. The van der Waals surface area contributed by atoms with E-state index in [9.17, 15) is 4.39 Å². The van der Waals surface area contributed by atoms with Crippen LogP contribution in [0.5, 0.6) is 5.75 Å². The molecule has 3 rings (SSSR count). The zero-order valence-corrected chi connectivity index (χ0v) is 11.1. The summed E-state index contributed by atoms with van der Waals surface area (Å²) in [6.45, 7) is 0. The Kier molecular flexibility index (Phi) is 3.03. The molecule has 3 aromatic rings. The van der Waals surface area contributed by atoms with Gasteiger partial charge in [0.05, 0.1) is 7.11 Å². The van der Waals surface area contributed by atoms with Gasteiger partial charge >= 0.3 is 0 Å². The van der Waals surface area contributed by atoms with Crippen LogP contribution >= 0.6 is 0 Å². The van der Waals surface area contributed by atoms with Crippen molar-refractivity contribution in [1.29, 1.82) is 0 Å². The first-order valence-electron chi connectivity index (χ1n) is 6.31. The molecule has 0 unspecified atom stereocenters. The summed E-state index contributed by atoms with van der Waals surface area (Å²) in [7, 11) is 1.60. The molecule has 0 saturated heterocycles. The Labute approximate surface area is 116 Å². The second-order valence-electron chi connectivity index (χ2n) is 4.63. The van der Waals surface area contributed by atoms with E-state index in [-0.39, 0.29) is 5.82 Å². The highest BCUT2D eigenvalue weighted by Crippen LogP contribution is 2.36. The molecular weight excluding hydrogens is 253 g/mol. The second kappa shape index (κ2) is 4.85. The number of nitrogens with two attached hydrogens (primary N) is 1. The minimum Gasteiger partial charge on any atom is -0.496 e. The molecule has 0 heterocycles. The van der Waals surface area contributed by atoms with Gasteiger partial charge in [-0.1, -0.05) is 24.3 Å². The van der Waals surface area contributed by atoms with Crippen molar-refractivity contribution in [3.8, 4) is 16.9 Å². The summed E-state index contributed by atoms with van der Waals surface area (Å²) in [5, 5.41) is 1.76. The van der Waals surface area contributed by atoms with Gasteiger partial charge in [-0.15, -0.1) is 0 Å². The maximum atomic E-state index is 13.3. The average Bonchev–Trinajstić information content (AvgIpc) is 2.46. The summed E-state index contributed by atoms with van der Waals surface area (Å²) in [6, 6.07) is 16.1. The Morgan fingerprint density at radius 3 is 2.45 bits per heavy atom. The fourth-order valence-corrected chi connectivity index (χ4v) is 2.37. The fraction of sp³-hybridized carbons (Fsp3) is 0.0588. The van der Waals surface area contributed by atoms with Crippen molar-refractivity contribution in [1.82, 2.24) is 0 Å². The number of para-hydroxylation sites is 1. The maximum Gasteiger partial charge on any atom is 0.127 e. The van der Waals surface area contributed by atoms with Crippen molar-refractivity contribution in [3.63, 3.8) is 0 Å². The summed E-state index contributed by atoms with van der Waals surface area (Å²) in [5.74, 6) is 0.424. The Balaban J connectivity index is 2.30. The lowest BCUT2D eigenvalue weighted by molar-refractivity contribution is 0.417. The van der Waals surface area contributed by atoms with Gasteiger partial charge in [0.1, 0.15) is 11.6 Å². The van der Waals surface area contributed by atoms with Crippen LogP contribution in [0.15, 0.2) is 54.6 Å². The van der Waals surface area contributed by atoms with Crippen LogP contribution in [0.25, 0.3) is 21.9 Å². The third-order valence-corrected chi connectivity index (χ3v) is 3.37. The van der Waals surface area contributed by atoms with Crippen molar-refractivity contribution < 1.29 is 9.13 Å². The Morgan fingerprint density at radius 1 is 0.900 bits per heavy atom. The van der Waals surface area contributed by atoms with Crippen molar-refractivity contribution in [2.75, 3.05) is 12.8 Å². The number of methoxy groups -OCH3 is 1. The Morgan fingerprint density at radius 2 is 1.70 bits per heavy atom. The SMILES string of the molecule is COc1cc2cc(F)ccc2cc1-c1ccccc1N. The summed E-state index contributed by atoms with van der Waals surface area (Å²) in [4.78, 5) is 0. The number of hydrogen-bond acceptors (Lipinski definition) is 2. The van der Waals surface area contributed by atoms with Gasteiger partial charge in [-0.05, 0) is 41.1 Å². The van der Waals surface area contributed by atoms with Crippen LogP contribution in [0.2, 0.25) is 0 Å². The Bertz CT molecular complexity index is 783. The lowest BCUT2D eigenvalue weighted by Crippen LogP contribution is -1.93. The molecule has 0 aliphatic rings. The largest absolute Gasteiger partial charge is 0.496 e. The van der Waals surface area contributed by atoms with E-state index in [1.54, 1.807) is 13.2 Å². The number of nitrogen functional groups attached to an aromatic ring is 1. The Hall–Kier alpha value is -2.55. The van der Waals surface area contributed by atoms with E-state index >= 15 is 0 Å². The molecule has 0 aliphatic carbocycles. The lowest BCUT2D eigenvalue weighted by atomic mass is 9.98. The monoisotopic (exact) mass is 267 g/mol. The van der Waals surface area contributed by atoms with E-state index in [0.717, 1.165) is 21.9 Å². The van der Waals surface area contributed by atoms with Crippen molar-refractivity contribution in [3.05, 3.63) is 60.4 Å². The van der Waals surface area contributed by atoms with Crippen LogP contribution in [0.4, 0.5) is 10.1 Å². The molecule has 0 aliphatic heterocycles. The molecule has 20 heavy (non-hydrogen) atoms. The predicted octanol–water partition coefficient (Wildman–Crippen LogP) is 4.24. The quantitative estimate of drug-likeness (QED) is 0.705. The van der Waals surface area contributed by atoms with Crippen molar-refractivity contribution >= 4 is 16.5 Å². The number of anilines is 1. The number of rotatable bonds is 2. The zero-order valence-electron chi connectivity index (χ0n) is 11.1. The number of benzene rings is 3. The first-order chi connectivity index (χ1) is 9.69. The number of halogens is 1.